The minimum atomic E-state index is -0.00387. The first kappa shape index (κ1) is 13.6. The van der Waals surface area contributed by atoms with Crippen molar-refractivity contribution in [1.29, 1.82) is 0 Å². The molecule has 1 fully saturated rings. The molecule has 1 aliphatic rings. The minimum Gasteiger partial charge on any atom is -0.395 e. The van der Waals surface area contributed by atoms with Crippen LogP contribution in [0.2, 0.25) is 0 Å². The Balaban J connectivity index is 1.91. The lowest BCUT2D eigenvalue weighted by Crippen LogP contribution is -2.26. The molecule has 100 valence electrons. The van der Waals surface area contributed by atoms with Crippen LogP contribution in [0.5, 0.6) is 0 Å². The number of benzene rings is 1. The molecule has 0 bridgehead atoms. The monoisotopic (exact) mass is 257 g/mol. The van der Waals surface area contributed by atoms with Crippen molar-refractivity contribution in [2.75, 3.05) is 6.61 Å². The smallest absolute Gasteiger partial charge is 0.251 e. The second kappa shape index (κ2) is 6.40. The minimum absolute atomic E-state index is 0.00387. The molecular weight excluding hydrogens is 238 g/mol. The van der Waals surface area contributed by atoms with Crippen LogP contribution in [0.3, 0.4) is 0 Å². The number of carbonyl (C=O) groups is 1. The highest BCUT2D eigenvalue weighted by Crippen LogP contribution is 2.33. The van der Waals surface area contributed by atoms with Gasteiger partial charge in [0.05, 0.1) is 6.61 Å². The second-order valence-electron chi connectivity index (χ2n) is 4.84. The zero-order valence-electron chi connectivity index (χ0n) is 11.1. The molecule has 2 rings (SSSR count). The molecule has 19 heavy (non-hydrogen) atoms. The molecule has 0 heterocycles. The summed E-state index contributed by atoms with van der Waals surface area (Å²) in [6.07, 6.45) is 2.71. The molecule has 1 aliphatic carbocycles. The molecule has 2 N–H and O–H groups in total. The van der Waals surface area contributed by atoms with Crippen LogP contribution in [-0.2, 0) is 0 Å². The van der Waals surface area contributed by atoms with E-state index >= 15 is 0 Å². The van der Waals surface area contributed by atoms with Gasteiger partial charge in [-0.2, -0.15) is 0 Å². The molecule has 0 saturated heterocycles. The molecule has 3 nitrogen and oxygen atoms in total. The van der Waals surface area contributed by atoms with Crippen molar-refractivity contribution in [2.24, 2.45) is 5.92 Å². The van der Waals surface area contributed by atoms with Crippen molar-refractivity contribution in [2.45, 2.75) is 32.2 Å². The molecule has 0 aliphatic heterocycles. The number of aliphatic hydroxyl groups is 1. The SMILES string of the molecule is CCC1CC1NC(=O)c1ccc(C#CCCO)cc1. The molecule has 1 amide bonds. The predicted octanol–water partition coefficient (Wildman–Crippen LogP) is 1.95. The number of rotatable bonds is 4. The van der Waals surface area contributed by atoms with E-state index in [0.717, 1.165) is 18.4 Å². The number of nitrogens with one attached hydrogen (secondary N) is 1. The predicted molar refractivity (Wildman–Crippen MR) is 74.7 cm³/mol. The van der Waals surface area contributed by atoms with E-state index in [-0.39, 0.29) is 12.5 Å². The van der Waals surface area contributed by atoms with Crippen molar-refractivity contribution >= 4 is 5.91 Å². The number of hydrogen-bond acceptors (Lipinski definition) is 2. The first-order chi connectivity index (χ1) is 9.24. The van der Waals surface area contributed by atoms with Gasteiger partial charge >= 0.3 is 0 Å². The second-order valence-corrected chi connectivity index (χ2v) is 4.84. The van der Waals surface area contributed by atoms with Crippen molar-refractivity contribution < 1.29 is 9.90 Å². The topological polar surface area (TPSA) is 49.3 Å². The standard InChI is InChI=1S/C16H19NO2/c1-2-13-11-15(13)17-16(19)14-8-6-12(7-9-14)5-3-4-10-18/h6-9,13,15,18H,2,4,10-11H2,1H3,(H,17,19). The van der Waals surface area contributed by atoms with Gasteiger partial charge in [-0.25, -0.2) is 0 Å². The molecule has 1 saturated carbocycles. The van der Waals surface area contributed by atoms with Crippen LogP contribution in [0, 0.1) is 17.8 Å². The van der Waals surface area contributed by atoms with Crippen molar-refractivity contribution in [3.8, 4) is 11.8 Å². The largest absolute Gasteiger partial charge is 0.395 e. The normalized spacial score (nSPS) is 20.3. The van der Waals surface area contributed by atoms with Crippen LogP contribution in [0.25, 0.3) is 0 Å². The fraction of sp³-hybridized carbons (Fsp3) is 0.438. The molecule has 0 spiro atoms. The summed E-state index contributed by atoms with van der Waals surface area (Å²) in [5.74, 6) is 6.45. The summed E-state index contributed by atoms with van der Waals surface area (Å²) in [4.78, 5) is 11.9. The number of carbonyl (C=O) groups excluding carboxylic acids is 1. The van der Waals surface area contributed by atoms with E-state index in [1.54, 1.807) is 12.1 Å². The first-order valence-corrected chi connectivity index (χ1v) is 6.75. The van der Waals surface area contributed by atoms with Crippen LogP contribution >= 0.6 is 0 Å². The summed E-state index contributed by atoms with van der Waals surface area (Å²) in [5, 5.41) is 11.7. The van der Waals surface area contributed by atoms with Gasteiger partial charge in [-0.05, 0) is 36.6 Å². The van der Waals surface area contributed by atoms with Crippen molar-refractivity contribution in [3.05, 3.63) is 35.4 Å². The maximum Gasteiger partial charge on any atom is 0.251 e. The lowest BCUT2D eigenvalue weighted by atomic mass is 10.1. The quantitative estimate of drug-likeness (QED) is 0.810. The first-order valence-electron chi connectivity index (χ1n) is 6.75. The van der Waals surface area contributed by atoms with Crippen LogP contribution in [0.4, 0.5) is 0 Å². The van der Waals surface area contributed by atoms with Crippen LogP contribution in [-0.4, -0.2) is 23.7 Å². The Morgan fingerprint density at radius 1 is 1.42 bits per heavy atom. The maximum absolute atomic E-state index is 11.9. The third-order valence-electron chi connectivity index (χ3n) is 3.38. The van der Waals surface area contributed by atoms with Crippen molar-refractivity contribution in [3.63, 3.8) is 0 Å². The van der Waals surface area contributed by atoms with Gasteiger partial charge in [-0.1, -0.05) is 25.2 Å². The third-order valence-corrected chi connectivity index (χ3v) is 3.38. The van der Waals surface area contributed by atoms with E-state index in [1.807, 2.05) is 12.1 Å². The highest BCUT2D eigenvalue weighted by molar-refractivity contribution is 5.94. The molecule has 2 atom stereocenters. The van der Waals surface area contributed by atoms with E-state index < -0.39 is 0 Å². The van der Waals surface area contributed by atoms with E-state index in [1.165, 1.54) is 0 Å². The molecular formula is C16H19NO2. The molecule has 3 heteroatoms. The summed E-state index contributed by atoms with van der Waals surface area (Å²) < 4.78 is 0. The number of amides is 1. The lowest BCUT2D eigenvalue weighted by Gasteiger charge is -2.04. The summed E-state index contributed by atoms with van der Waals surface area (Å²) in [6.45, 7) is 2.23. The molecule has 1 aromatic rings. The van der Waals surface area contributed by atoms with Crippen LogP contribution in [0.15, 0.2) is 24.3 Å². The number of aliphatic hydroxyl groups excluding tert-OH is 1. The third kappa shape index (κ3) is 3.84. The maximum atomic E-state index is 11.9. The Morgan fingerprint density at radius 2 is 2.16 bits per heavy atom. The fourth-order valence-electron chi connectivity index (χ4n) is 2.05. The molecule has 0 radical (unpaired) electrons. The van der Waals surface area contributed by atoms with Gasteiger partial charge in [0.25, 0.3) is 5.91 Å². The Morgan fingerprint density at radius 3 is 2.74 bits per heavy atom. The molecule has 1 aromatic carbocycles. The highest BCUT2D eigenvalue weighted by Gasteiger charge is 2.36. The summed E-state index contributed by atoms with van der Waals surface area (Å²) >= 11 is 0. The van der Waals surface area contributed by atoms with E-state index in [9.17, 15) is 4.79 Å². The zero-order chi connectivity index (χ0) is 13.7. The number of hydrogen-bond donors (Lipinski definition) is 2. The Kier molecular flexibility index (Phi) is 4.59. The average Bonchev–Trinajstić information content (AvgIpc) is 3.18. The van der Waals surface area contributed by atoms with Gasteiger partial charge in [0, 0.05) is 23.6 Å². The van der Waals surface area contributed by atoms with Crippen LogP contribution in [0.1, 0.15) is 42.1 Å². The van der Waals surface area contributed by atoms with Gasteiger partial charge in [0.1, 0.15) is 0 Å². The van der Waals surface area contributed by atoms with Gasteiger partial charge < -0.3 is 10.4 Å². The van der Waals surface area contributed by atoms with E-state index in [2.05, 4.69) is 24.1 Å². The Hall–Kier alpha value is -1.79. The van der Waals surface area contributed by atoms with Crippen LogP contribution < -0.4 is 5.32 Å². The van der Waals surface area contributed by atoms with E-state index in [0.29, 0.717) is 23.9 Å². The van der Waals surface area contributed by atoms with Crippen molar-refractivity contribution in [1.82, 2.24) is 5.32 Å². The Bertz CT molecular complexity index is 496. The van der Waals surface area contributed by atoms with Gasteiger partial charge in [0.15, 0.2) is 0 Å². The van der Waals surface area contributed by atoms with Gasteiger partial charge in [0.2, 0.25) is 0 Å². The molecule has 0 aromatic heterocycles. The fourth-order valence-corrected chi connectivity index (χ4v) is 2.05. The Labute approximate surface area is 114 Å². The molecule has 2 unspecified atom stereocenters. The average molecular weight is 257 g/mol. The van der Waals surface area contributed by atoms with Gasteiger partial charge in [-0.3, -0.25) is 4.79 Å². The lowest BCUT2D eigenvalue weighted by molar-refractivity contribution is 0.0949. The summed E-state index contributed by atoms with van der Waals surface area (Å²) in [7, 11) is 0. The van der Waals surface area contributed by atoms with Gasteiger partial charge in [-0.15, -0.1) is 0 Å². The summed E-state index contributed by atoms with van der Waals surface area (Å²) in [5.41, 5.74) is 1.54. The summed E-state index contributed by atoms with van der Waals surface area (Å²) in [6, 6.07) is 7.62. The zero-order valence-corrected chi connectivity index (χ0v) is 11.1. The highest BCUT2D eigenvalue weighted by atomic mass is 16.2. The van der Waals surface area contributed by atoms with E-state index in [4.69, 9.17) is 5.11 Å².